The Kier molecular flexibility index (Phi) is 5.91. The van der Waals surface area contributed by atoms with Gasteiger partial charge in [0.15, 0.2) is 5.75 Å². The van der Waals surface area contributed by atoms with Crippen molar-refractivity contribution in [1.29, 1.82) is 0 Å². The van der Waals surface area contributed by atoms with Crippen LogP contribution in [0.5, 0.6) is 5.75 Å². The van der Waals surface area contributed by atoms with Crippen LogP contribution in [0.25, 0.3) is 5.76 Å². The van der Waals surface area contributed by atoms with E-state index in [0.29, 0.717) is 11.3 Å². The van der Waals surface area contributed by atoms with E-state index in [1.54, 1.807) is 36.7 Å². The number of aromatic nitrogens is 1. The highest BCUT2D eigenvalue weighted by Gasteiger charge is 2.47. The SMILES string of the molecule is COc1c(Cl)cc(/C(O)=C2\C(=O)C(=O)N(c3ccccc3C)C2c2ccncc2)cc1Cl. The molecule has 1 saturated heterocycles. The highest BCUT2D eigenvalue weighted by molar-refractivity contribution is 6.52. The van der Waals surface area contributed by atoms with E-state index in [4.69, 9.17) is 27.9 Å². The second-order valence-electron chi connectivity index (χ2n) is 7.21. The average molecular weight is 469 g/mol. The standard InChI is InChI=1S/C24H18Cl2N2O4/c1-13-5-3-4-6-18(13)28-20(14-7-9-27-10-8-14)19(22(30)24(28)31)21(29)15-11-16(25)23(32-2)17(26)12-15/h3-12,20,29H,1-2H3/b21-19+. The van der Waals surface area contributed by atoms with E-state index >= 15 is 0 Å². The van der Waals surface area contributed by atoms with Crippen molar-refractivity contribution in [2.45, 2.75) is 13.0 Å². The third-order valence-electron chi connectivity index (χ3n) is 5.32. The van der Waals surface area contributed by atoms with Crippen LogP contribution in [0.4, 0.5) is 5.69 Å². The van der Waals surface area contributed by atoms with Crippen LogP contribution in [-0.4, -0.2) is 28.9 Å². The molecule has 162 valence electrons. The van der Waals surface area contributed by atoms with E-state index in [0.717, 1.165) is 5.56 Å². The van der Waals surface area contributed by atoms with Gasteiger partial charge in [0, 0.05) is 23.6 Å². The van der Waals surface area contributed by atoms with Gasteiger partial charge in [-0.15, -0.1) is 0 Å². The lowest BCUT2D eigenvalue weighted by molar-refractivity contribution is -0.132. The number of hydrogen-bond acceptors (Lipinski definition) is 5. The van der Waals surface area contributed by atoms with E-state index in [2.05, 4.69) is 4.98 Å². The number of halogens is 2. The molecular formula is C24H18Cl2N2O4. The smallest absolute Gasteiger partial charge is 0.300 e. The van der Waals surface area contributed by atoms with E-state index in [1.165, 1.54) is 24.1 Å². The summed E-state index contributed by atoms with van der Waals surface area (Å²) in [4.78, 5) is 31.8. The number of anilines is 1. The number of Topliss-reactive ketones (excluding diaryl/α,β-unsaturated/α-hetero) is 1. The molecule has 1 unspecified atom stereocenters. The molecule has 1 fully saturated rings. The quantitative estimate of drug-likeness (QED) is 0.317. The summed E-state index contributed by atoms with van der Waals surface area (Å²) in [5.74, 6) is -1.69. The van der Waals surface area contributed by atoms with Crippen LogP contribution in [-0.2, 0) is 9.59 Å². The van der Waals surface area contributed by atoms with Crippen LogP contribution < -0.4 is 9.64 Å². The Bertz CT molecular complexity index is 1230. The van der Waals surface area contributed by atoms with Gasteiger partial charge in [-0.05, 0) is 48.4 Å². The van der Waals surface area contributed by atoms with Crippen LogP contribution in [0.3, 0.4) is 0 Å². The van der Waals surface area contributed by atoms with Crippen molar-refractivity contribution in [2.75, 3.05) is 12.0 Å². The van der Waals surface area contributed by atoms with Gasteiger partial charge in [0.25, 0.3) is 11.7 Å². The number of methoxy groups -OCH3 is 1. The van der Waals surface area contributed by atoms with Crippen LogP contribution >= 0.6 is 23.2 Å². The maximum absolute atomic E-state index is 13.2. The number of aliphatic hydroxyl groups excluding tert-OH is 1. The Morgan fingerprint density at radius 2 is 1.69 bits per heavy atom. The van der Waals surface area contributed by atoms with Gasteiger partial charge in [-0.1, -0.05) is 41.4 Å². The van der Waals surface area contributed by atoms with Crippen molar-refractivity contribution < 1.29 is 19.4 Å². The predicted octanol–water partition coefficient (Wildman–Crippen LogP) is 5.33. The Labute approximate surface area is 194 Å². The number of ketones is 1. The number of rotatable bonds is 4. The number of nitrogens with zero attached hydrogens (tertiary/aromatic N) is 2. The number of aliphatic hydroxyl groups is 1. The van der Waals surface area contributed by atoms with Gasteiger partial charge in [-0.2, -0.15) is 0 Å². The van der Waals surface area contributed by atoms with Gasteiger partial charge < -0.3 is 9.84 Å². The summed E-state index contributed by atoms with van der Waals surface area (Å²) in [6, 6.07) is 12.6. The topological polar surface area (TPSA) is 79.7 Å². The van der Waals surface area contributed by atoms with Crippen molar-refractivity contribution in [2.24, 2.45) is 0 Å². The van der Waals surface area contributed by atoms with Gasteiger partial charge in [-0.25, -0.2) is 0 Å². The van der Waals surface area contributed by atoms with Crippen LogP contribution in [0, 0.1) is 6.92 Å². The number of pyridine rings is 1. The highest BCUT2D eigenvalue weighted by atomic mass is 35.5. The molecule has 0 bridgehead atoms. The number of para-hydroxylation sites is 1. The van der Waals surface area contributed by atoms with Crippen LogP contribution in [0.15, 0.2) is 66.5 Å². The summed E-state index contributed by atoms with van der Waals surface area (Å²) in [6.07, 6.45) is 3.13. The number of amides is 1. The number of hydrogen-bond donors (Lipinski definition) is 1. The van der Waals surface area contributed by atoms with Crippen LogP contribution in [0.2, 0.25) is 10.0 Å². The molecule has 2 aromatic carbocycles. The summed E-state index contributed by atoms with van der Waals surface area (Å²) in [5, 5.41) is 11.5. The lowest BCUT2D eigenvalue weighted by atomic mass is 9.95. The molecule has 1 aliphatic heterocycles. The molecule has 0 spiro atoms. The lowest BCUT2D eigenvalue weighted by Crippen LogP contribution is -2.30. The molecule has 32 heavy (non-hydrogen) atoms. The van der Waals surface area contributed by atoms with Crippen molar-refractivity contribution >= 4 is 46.3 Å². The van der Waals surface area contributed by atoms with E-state index in [9.17, 15) is 14.7 Å². The fraction of sp³-hybridized carbons (Fsp3) is 0.125. The first-order valence-corrected chi connectivity index (χ1v) is 10.4. The molecular weight excluding hydrogens is 451 g/mol. The zero-order chi connectivity index (χ0) is 23.0. The number of benzene rings is 2. The normalized spacial score (nSPS) is 17.6. The molecule has 1 aliphatic rings. The van der Waals surface area contributed by atoms with Gasteiger partial charge >= 0.3 is 0 Å². The molecule has 1 amide bonds. The molecule has 0 radical (unpaired) electrons. The number of ether oxygens (including phenoxy) is 1. The molecule has 0 saturated carbocycles. The third-order valence-corrected chi connectivity index (χ3v) is 5.88. The second-order valence-corrected chi connectivity index (χ2v) is 8.02. The van der Waals surface area contributed by atoms with Gasteiger partial charge in [0.05, 0.1) is 28.8 Å². The van der Waals surface area contributed by atoms with Crippen LogP contribution in [0.1, 0.15) is 22.7 Å². The molecule has 6 nitrogen and oxygen atoms in total. The second kappa shape index (κ2) is 8.65. The summed E-state index contributed by atoms with van der Waals surface area (Å²) < 4.78 is 5.15. The van der Waals surface area contributed by atoms with E-state index in [1.807, 2.05) is 19.1 Å². The Balaban J connectivity index is 1.97. The van der Waals surface area contributed by atoms with E-state index < -0.39 is 17.7 Å². The maximum atomic E-state index is 13.2. The minimum Gasteiger partial charge on any atom is -0.507 e. The minimum atomic E-state index is -0.862. The van der Waals surface area contributed by atoms with Gasteiger partial charge in [0.2, 0.25) is 0 Å². The minimum absolute atomic E-state index is 0.0678. The lowest BCUT2D eigenvalue weighted by Gasteiger charge is -2.26. The van der Waals surface area contributed by atoms with Gasteiger partial charge in [0.1, 0.15) is 5.76 Å². The van der Waals surface area contributed by atoms with Crippen molar-refractivity contribution in [3.05, 3.63) is 93.2 Å². The number of aryl methyl sites for hydroxylation is 1. The van der Waals surface area contributed by atoms with Crippen molar-refractivity contribution in [3.8, 4) is 5.75 Å². The first-order valence-electron chi connectivity index (χ1n) is 9.65. The predicted molar refractivity (Wildman–Crippen MR) is 123 cm³/mol. The molecule has 4 rings (SSSR count). The summed E-state index contributed by atoms with van der Waals surface area (Å²) in [6.45, 7) is 1.85. The molecule has 2 heterocycles. The summed E-state index contributed by atoms with van der Waals surface area (Å²) in [5.41, 5.74) is 2.13. The van der Waals surface area contributed by atoms with Crippen molar-refractivity contribution in [3.63, 3.8) is 0 Å². The molecule has 3 aromatic rings. The maximum Gasteiger partial charge on any atom is 0.300 e. The third kappa shape index (κ3) is 3.61. The van der Waals surface area contributed by atoms with E-state index in [-0.39, 0.29) is 32.7 Å². The highest BCUT2D eigenvalue weighted by Crippen LogP contribution is 2.44. The largest absolute Gasteiger partial charge is 0.507 e. The molecule has 1 atom stereocenters. The van der Waals surface area contributed by atoms with Gasteiger partial charge in [-0.3, -0.25) is 19.5 Å². The zero-order valence-electron chi connectivity index (χ0n) is 17.2. The molecule has 1 N–H and O–H groups in total. The Morgan fingerprint density at radius 3 is 2.28 bits per heavy atom. The monoisotopic (exact) mass is 468 g/mol. The molecule has 0 aliphatic carbocycles. The average Bonchev–Trinajstić information content (AvgIpc) is 3.04. The first-order chi connectivity index (χ1) is 15.3. The summed E-state index contributed by atoms with van der Waals surface area (Å²) >= 11 is 12.5. The first kappa shape index (κ1) is 21.9. The number of carbonyl (C=O) groups excluding carboxylic acids is 2. The van der Waals surface area contributed by atoms with Crippen molar-refractivity contribution in [1.82, 2.24) is 4.98 Å². The zero-order valence-corrected chi connectivity index (χ0v) is 18.7. The fourth-order valence-electron chi connectivity index (χ4n) is 3.82. The number of carbonyl (C=O) groups is 2. The fourth-order valence-corrected chi connectivity index (χ4v) is 4.46. The Morgan fingerprint density at radius 1 is 1.06 bits per heavy atom. The summed E-state index contributed by atoms with van der Waals surface area (Å²) in [7, 11) is 1.42. The molecule has 1 aromatic heterocycles. The Hall–Kier alpha value is -3.35. The molecule has 8 heteroatoms.